The summed E-state index contributed by atoms with van der Waals surface area (Å²) in [5.41, 5.74) is 2.48. The number of carbonyl (C=O) groups is 1. The molecule has 1 amide bonds. The van der Waals surface area contributed by atoms with Gasteiger partial charge in [-0.15, -0.1) is 0 Å². The number of hydrogen-bond acceptors (Lipinski definition) is 6. The summed E-state index contributed by atoms with van der Waals surface area (Å²) in [6.07, 6.45) is 3.49. The van der Waals surface area contributed by atoms with E-state index in [-0.39, 0.29) is 12.5 Å². The van der Waals surface area contributed by atoms with Crippen molar-refractivity contribution in [3.63, 3.8) is 0 Å². The summed E-state index contributed by atoms with van der Waals surface area (Å²) >= 11 is 0. The number of benzene rings is 2. The highest BCUT2D eigenvalue weighted by Gasteiger charge is 2.28. The van der Waals surface area contributed by atoms with Crippen molar-refractivity contribution in [1.29, 1.82) is 0 Å². The maximum Gasteiger partial charge on any atom is 0.257 e. The van der Waals surface area contributed by atoms with Crippen LogP contribution in [0.5, 0.6) is 11.5 Å². The Morgan fingerprint density at radius 3 is 2.35 bits per heavy atom. The highest BCUT2D eigenvalue weighted by atomic mass is 32.2. The fraction of sp³-hybridized carbons (Fsp3) is 0.333. The van der Waals surface area contributed by atoms with E-state index in [1.165, 1.54) is 10.6 Å². The third-order valence-corrected chi connectivity index (χ3v) is 7.14. The Bertz CT molecular complexity index is 1270. The van der Waals surface area contributed by atoms with Gasteiger partial charge in [0.25, 0.3) is 5.91 Å². The molecule has 3 aromatic rings. The highest BCUT2D eigenvalue weighted by Crippen LogP contribution is 2.34. The van der Waals surface area contributed by atoms with Gasteiger partial charge in [0.1, 0.15) is 5.69 Å². The number of hydrogen-bond donors (Lipinski definition) is 0. The van der Waals surface area contributed by atoms with E-state index in [4.69, 9.17) is 14.6 Å². The van der Waals surface area contributed by atoms with Crippen molar-refractivity contribution in [3.05, 3.63) is 60.3 Å². The largest absolute Gasteiger partial charge is 0.493 e. The van der Waals surface area contributed by atoms with Gasteiger partial charge in [0.15, 0.2) is 11.5 Å². The minimum Gasteiger partial charge on any atom is -0.493 e. The Kier molecular flexibility index (Phi) is 6.90. The van der Waals surface area contributed by atoms with Gasteiger partial charge in [-0.3, -0.25) is 4.79 Å². The molecule has 1 fully saturated rings. The van der Waals surface area contributed by atoms with Gasteiger partial charge in [-0.1, -0.05) is 18.2 Å². The van der Waals surface area contributed by atoms with Gasteiger partial charge in [-0.25, -0.2) is 17.4 Å². The molecular weight excluding hydrogens is 456 g/mol. The number of ether oxygens (including phenoxy) is 2. The molecule has 2 heterocycles. The first-order valence-electron chi connectivity index (χ1n) is 10.9. The number of para-hydroxylation sites is 1. The lowest BCUT2D eigenvalue weighted by molar-refractivity contribution is 0.0765. The maximum absolute atomic E-state index is 13.7. The van der Waals surface area contributed by atoms with E-state index in [1.54, 1.807) is 42.1 Å². The first-order chi connectivity index (χ1) is 16.3. The van der Waals surface area contributed by atoms with E-state index >= 15 is 0 Å². The van der Waals surface area contributed by atoms with Crippen molar-refractivity contribution < 1.29 is 22.7 Å². The molecule has 0 atom stereocenters. The zero-order valence-electron chi connectivity index (χ0n) is 19.5. The van der Waals surface area contributed by atoms with E-state index in [0.29, 0.717) is 54.4 Å². The van der Waals surface area contributed by atoms with E-state index < -0.39 is 10.0 Å². The quantitative estimate of drug-likeness (QED) is 0.534. The van der Waals surface area contributed by atoms with Gasteiger partial charge in [-0.05, 0) is 36.8 Å². The minimum absolute atomic E-state index is 0.192. The molecule has 1 saturated heterocycles. The second-order valence-corrected chi connectivity index (χ2v) is 10.0. The van der Waals surface area contributed by atoms with Crippen LogP contribution in [0.3, 0.4) is 0 Å². The molecule has 9 nitrogen and oxygen atoms in total. The number of aromatic nitrogens is 2. The number of sulfonamides is 1. The van der Waals surface area contributed by atoms with Crippen molar-refractivity contribution >= 4 is 15.9 Å². The topological polar surface area (TPSA) is 94.0 Å². The summed E-state index contributed by atoms with van der Waals surface area (Å²) in [4.78, 5) is 15.4. The van der Waals surface area contributed by atoms with Gasteiger partial charge in [0.2, 0.25) is 10.0 Å². The Morgan fingerprint density at radius 2 is 1.68 bits per heavy atom. The lowest BCUT2D eigenvalue weighted by Gasteiger charge is -2.21. The van der Waals surface area contributed by atoms with Crippen molar-refractivity contribution in [1.82, 2.24) is 19.0 Å². The smallest absolute Gasteiger partial charge is 0.257 e. The SMILES string of the molecule is COc1ccc(-c2nn(-c3ccccc3)cc2C(=O)N2CCCN(S(C)(=O)=O)CC2)cc1OC. The number of methoxy groups -OCH3 is 2. The molecule has 1 aliphatic heterocycles. The molecule has 34 heavy (non-hydrogen) atoms. The maximum atomic E-state index is 13.7. The van der Waals surface area contributed by atoms with E-state index in [2.05, 4.69) is 0 Å². The third-order valence-electron chi connectivity index (χ3n) is 5.83. The molecule has 2 aromatic carbocycles. The Morgan fingerprint density at radius 1 is 0.941 bits per heavy atom. The van der Waals surface area contributed by atoms with Gasteiger partial charge >= 0.3 is 0 Å². The average Bonchev–Trinajstić information content (AvgIpc) is 3.13. The van der Waals surface area contributed by atoms with Crippen LogP contribution in [0.4, 0.5) is 0 Å². The molecule has 180 valence electrons. The molecule has 0 N–H and O–H groups in total. The molecule has 0 unspecified atom stereocenters. The molecule has 1 aliphatic rings. The van der Waals surface area contributed by atoms with Crippen LogP contribution >= 0.6 is 0 Å². The van der Waals surface area contributed by atoms with Gasteiger partial charge in [0.05, 0.1) is 31.7 Å². The molecule has 10 heteroatoms. The average molecular weight is 485 g/mol. The Labute approximate surface area is 199 Å². The molecular formula is C24H28N4O5S. The minimum atomic E-state index is -3.31. The fourth-order valence-corrected chi connectivity index (χ4v) is 4.91. The number of rotatable bonds is 6. The summed E-state index contributed by atoms with van der Waals surface area (Å²) < 4.78 is 37.9. The van der Waals surface area contributed by atoms with Crippen LogP contribution in [0.25, 0.3) is 16.9 Å². The molecule has 0 aliphatic carbocycles. The zero-order chi connectivity index (χ0) is 24.3. The second-order valence-electron chi connectivity index (χ2n) is 8.05. The van der Waals surface area contributed by atoms with Crippen LogP contribution in [0.15, 0.2) is 54.7 Å². The highest BCUT2D eigenvalue weighted by molar-refractivity contribution is 7.88. The van der Waals surface area contributed by atoms with Crippen LogP contribution < -0.4 is 9.47 Å². The van der Waals surface area contributed by atoms with E-state index in [9.17, 15) is 13.2 Å². The van der Waals surface area contributed by atoms with Crippen molar-refractivity contribution in [2.24, 2.45) is 0 Å². The third kappa shape index (κ3) is 4.92. The lowest BCUT2D eigenvalue weighted by Crippen LogP contribution is -2.37. The van der Waals surface area contributed by atoms with Crippen LogP contribution in [0, 0.1) is 0 Å². The van der Waals surface area contributed by atoms with Crippen molar-refractivity contribution in [2.75, 3.05) is 46.7 Å². The zero-order valence-corrected chi connectivity index (χ0v) is 20.3. The standard InChI is InChI=1S/C24H28N4O5S/c1-32-21-11-10-18(16-22(21)33-2)23-20(17-28(25-23)19-8-5-4-6-9-19)24(29)26-12-7-13-27(15-14-26)34(3,30)31/h4-6,8-11,16-17H,7,12-15H2,1-3H3. The van der Waals surface area contributed by atoms with Crippen LogP contribution in [0.2, 0.25) is 0 Å². The summed E-state index contributed by atoms with van der Waals surface area (Å²) in [6, 6.07) is 15.0. The molecule has 0 bridgehead atoms. The predicted molar refractivity (Wildman–Crippen MR) is 129 cm³/mol. The van der Waals surface area contributed by atoms with E-state index in [1.807, 2.05) is 36.4 Å². The van der Waals surface area contributed by atoms with Gasteiger partial charge < -0.3 is 14.4 Å². The summed E-state index contributed by atoms with van der Waals surface area (Å²) in [6.45, 7) is 1.44. The van der Waals surface area contributed by atoms with E-state index in [0.717, 1.165) is 5.69 Å². The van der Waals surface area contributed by atoms with Gasteiger partial charge in [-0.2, -0.15) is 5.10 Å². The summed E-state index contributed by atoms with van der Waals surface area (Å²) in [7, 11) is -0.185. The Balaban J connectivity index is 1.74. The lowest BCUT2D eigenvalue weighted by atomic mass is 10.1. The molecule has 1 aromatic heterocycles. The monoisotopic (exact) mass is 484 g/mol. The van der Waals surface area contributed by atoms with Crippen LogP contribution in [-0.2, 0) is 10.0 Å². The number of nitrogens with zero attached hydrogens (tertiary/aromatic N) is 4. The Hall–Kier alpha value is -3.37. The number of amides is 1. The van der Waals surface area contributed by atoms with Crippen LogP contribution in [-0.4, -0.2) is 80.0 Å². The predicted octanol–water partition coefficient (Wildman–Crippen LogP) is 2.66. The molecule has 0 saturated carbocycles. The molecule has 0 spiro atoms. The first kappa shape index (κ1) is 23.8. The summed E-state index contributed by atoms with van der Waals surface area (Å²) in [5.74, 6) is 0.920. The number of carbonyl (C=O) groups excluding carboxylic acids is 1. The first-order valence-corrected chi connectivity index (χ1v) is 12.8. The molecule has 4 rings (SSSR count). The van der Waals surface area contributed by atoms with Crippen molar-refractivity contribution in [3.8, 4) is 28.4 Å². The van der Waals surface area contributed by atoms with Crippen LogP contribution in [0.1, 0.15) is 16.8 Å². The van der Waals surface area contributed by atoms with Crippen molar-refractivity contribution in [2.45, 2.75) is 6.42 Å². The second kappa shape index (κ2) is 9.86. The molecule has 0 radical (unpaired) electrons. The van der Waals surface area contributed by atoms with Gasteiger partial charge in [0, 0.05) is 37.9 Å². The summed E-state index contributed by atoms with van der Waals surface area (Å²) in [5, 5.41) is 4.74. The fourth-order valence-electron chi connectivity index (χ4n) is 4.04. The normalized spacial score (nSPS) is 15.1.